The molecular weight excluding hydrogens is 607 g/mol. The molecule has 3 heterocycles. The van der Waals surface area contributed by atoms with Crippen LogP contribution in [0.2, 0.25) is 0 Å². The van der Waals surface area contributed by atoms with Gasteiger partial charge in [0.2, 0.25) is 0 Å². The fraction of sp³-hybridized carbons (Fsp3) is 0.0465. The van der Waals surface area contributed by atoms with Gasteiger partial charge in [0.15, 0.2) is 11.6 Å². The number of rotatable bonds is 4. The Morgan fingerprint density at radius 3 is 2.02 bits per heavy atom. The highest BCUT2D eigenvalue weighted by atomic mass is 32.1. The molecule has 0 saturated heterocycles. The minimum atomic E-state index is 0.0784. The highest BCUT2D eigenvalue weighted by molar-refractivity contribution is 7.26. The average molecular weight is 634 g/mol. The van der Waals surface area contributed by atoms with Crippen LogP contribution < -0.4 is 0 Å². The van der Waals surface area contributed by atoms with Gasteiger partial charge in [-0.2, -0.15) is 0 Å². The molecule has 0 radical (unpaired) electrons. The van der Waals surface area contributed by atoms with Crippen molar-refractivity contribution in [3.05, 3.63) is 151 Å². The van der Waals surface area contributed by atoms with Gasteiger partial charge in [-0.15, -0.1) is 11.3 Å². The van der Waals surface area contributed by atoms with E-state index in [1.165, 1.54) is 20.2 Å². The van der Waals surface area contributed by atoms with Crippen LogP contribution in [0.5, 0.6) is 0 Å². The molecule has 0 aliphatic heterocycles. The Hall–Kier alpha value is -5.91. The minimum absolute atomic E-state index is 0.0784. The number of benzene rings is 6. The van der Waals surface area contributed by atoms with Crippen LogP contribution in [0.25, 0.3) is 86.8 Å². The Morgan fingerprint density at radius 2 is 1.17 bits per heavy atom. The number of furan rings is 1. The largest absolute Gasteiger partial charge is 0.456 e. The third-order valence-corrected chi connectivity index (χ3v) is 10.7. The standard InChI is InChI=1S/C43H27N3OS/c1-2-12-26(13-3-1)41-44-42(46-43(45-41)35-22-10-20-32-30-14-5-7-25-38(30)48-40(32)35)33-21-9-16-27-28(17-8-18-29(27)33)31-19-11-24-37-39(31)34-15-4-6-23-36(34)47-37/h1-12,14-26H,13H2. The van der Waals surface area contributed by atoms with Gasteiger partial charge < -0.3 is 4.42 Å². The van der Waals surface area contributed by atoms with Crippen LogP contribution in [-0.2, 0) is 0 Å². The maximum atomic E-state index is 6.26. The van der Waals surface area contributed by atoms with Crippen molar-refractivity contribution < 1.29 is 4.42 Å². The smallest absolute Gasteiger partial charge is 0.165 e. The van der Waals surface area contributed by atoms with E-state index in [1.54, 1.807) is 11.3 Å². The molecule has 6 aromatic carbocycles. The maximum Gasteiger partial charge on any atom is 0.165 e. The van der Waals surface area contributed by atoms with Crippen molar-refractivity contribution in [1.82, 2.24) is 15.0 Å². The molecule has 1 aliphatic carbocycles. The van der Waals surface area contributed by atoms with Gasteiger partial charge in [-0.1, -0.05) is 121 Å². The molecule has 48 heavy (non-hydrogen) atoms. The van der Waals surface area contributed by atoms with Gasteiger partial charge in [0.05, 0.1) is 0 Å². The monoisotopic (exact) mass is 633 g/mol. The molecule has 0 N–H and O–H groups in total. The van der Waals surface area contributed by atoms with Gasteiger partial charge in [0, 0.05) is 48.0 Å². The molecule has 1 atom stereocenters. The van der Waals surface area contributed by atoms with Crippen LogP contribution in [-0.4, -0.2) is 15.0 Å². The zero-order valence-electron chi connectivity index (χ0n) is 25.8. The van der Waals surface area contributed by atoms with Crippen LogP contribution in [0.4, 0.5) is 0 Å². The van der Waals surface area contributed by atoms with Gasteiger partial charge in [-0.05, 0) is 52.6 Å². The van der Waals surface area contributed by atoms with Crippen molar-refractivity contribution >= 4 is 64.2 Å². The lowest BCUT2D eigenvalue weighted by Crippen LogP contribution is -2.08. The molecule has 1 unspecified atom stereocenters. The highest BCUT2D eigenvalue weighted by Crippen LogP contribution is 2.42. The van der Waals surface area contributed by atoms with Crippen molar-refractivity contribution in [3.8, 4) is 33.9 Å². The van der Waals surface area contributed by atoms with Crippen molar-refractivity contribution in [1.29, 1.82) is 0 Å². The van der Waals surface area contributed by atoms with E-state index in [-0.39, 0.29) is 5.92 Å². The van der Waals surface area contributed by atoms with E-state index in [9.17, 15) is 0 Å². The summed E-state index contributed by atoms with van der Waals surface area (Å²) in [4.78, 5) is 15.6. The van der Waals surface area contributed by atoms with E-state index in [2.05, 4.69) is 133 Å². The topological polar surface area (TPSA) is 51.8 Å². The number of nitrogens with zero attached hydrogens (tertiary/aromatic N) is 3. The summed E-state index contributed by atoms with van der Waals surface area (Å²) < 4.78 is 8.72. The highest BCUT2D eigenvalue weighted by Gasteiger charge is 2.21. The Kier molecular flexibility index (Phi) is 6.14. The van der Waals surface area contributed by atoms with Crippen LogP contribution in [0.15, 0.2) is 150 Å². The molecule has 10 rings (SSSR count). The number of allylic oxidation sites excluding steroid dienone is 4. The number of hydrogen-bond acceptors (Lipinski definition) is 5. The molecule has 226 valence electrons. The molecule has 1 aliphatic rings. The Labute approximate surface area is 280 Å². The average Bonchev–Trinajstić information content (AvgIpc) is 3.73. The van der Waals surface area contributed by atoms with Gasteiger partial charge in [0.25, 0.3) is 0 Å². The molecule has 4 nitrogen and oxygen atoms in total. The van der Waals surface area contributed by atoms with Gasteiger partial charge >= 0.3 is 0 Å². The Bertz CT molecular complexity index is 2790. The zero-order chi connectivity index (χ0) is 31.6. The second-order valence-electron chi connectivity index (χ2n) is 12.3. The van der Waals surface area contributed by atoms with Gasteiger partial charge in [-0.3, -0.25) is 0 Å². The lowest BCUT2D eigenvalue weighted by atomic mass is 9.92. The summed E-state index contributed by atoms with van der Waals surface area (Å²) in [7, 11) is 0. The summed E-state index contributed by atoms with van der Waals surface area (Å²) in [6, 6.07) is 42.6. The predicted molar refractivity (Wildman–Crippen MR) is 199 cm³/mol. The second-order valence-corrected chi connectivity index (χ2v) is 13.3. The van der Waals surface area contributed by atoms with E-state index in [0.29, 0.717) is 11.6 Å². The molecule has 0 amide bonds. The van der Waals surface area contributed by atoms with Crippen LogP contribution >= 0.6 is 11.3 Å². The van der Waals surface area contributed by atoms with Gasteiger partial charge in [-0.25, -0.2) is 15.0 Å². The molecule has 3 aromatic heterocycles. The fourth-order valence-electron chi connectivity index (χ4n) is 7.23. The van der Waals surface area contributed by atoms with Crippen LogP contribution in [0, 0.1) is 0 Å². The third-order valence-electron chi connectivity index (χ3n) is 9.47. The summed E-state index contributed by atoms with van der Waals surface area (Å²) in [5.74, 6) is 2.26. The molecule has 9 aromatic rings. The molecule has 0 fully saturated rings. The molecule has 0 saturated carbocycles. The van der Waals surface area contributed by atoms with Crippen molar-refractivity contribution in [3.63, 3.8) is 0 Å². The number of fused-ring (bicyclic) bond motifs is 7. The van der Waals surface area contributed by atoms with Crippen LogP contribution in [0.1, 0.15) is 18.2 Å². The summed E-state index contributed by atoms with van der Waals surface area (Å²) in [6.45, 7) is 0. The van der Waals surface area contributed by atoms with Crippen molar-refractivity contribution in [2.45, 2.75) is 12.3 Å². The van der Waals surface area contributed by atoms with E-state index in [4.69, 9.17) is 19.4 Å². The Morgan fingerprint density at radius 1 is 0.521 bits per heavy atom. The maximum absolute atomic E-state index is 6.26. The molecule has 0 spiro atoms. The predicted octanol–water partition coefficient (Wildman–Crippen LogP) is 11.9. The van der Waals surface area contributed by atoms with E-state index < -0.39 is 0 Å². The minimum Gasteiger partial charge on any atom is -0.456 e. The number of para-hydroxylation sites is 1. The molecule has 0 bridgehead atoms. The van der Waals surface area contributed by atoms with E-state index in [0.717, 1.165) is 67.2 Å². The number of hydrogen-bond donors (Lipinski definition) is 0. The van der Waals surface area contributed by atoms with E-state index in [1.807, 2.05) is 12.1 Å². The fourth-order valence-corrected chi connectivity index (χ4v) is 8.44. The summed E-state index contributed by atoms with van der Waals surface area (Å²) in [5.41, 5.74) is 6.10. The first-order valence-corrected chi connectivity index (χ1v) is 17.0. The van der Waals surface area contributed by atoms with Crippen molar-refractivity contribution in [2.75, 3.05) is 0 Å². The van der Waals surface area contributed by atoms with E-state index >= 15 is 0 Å². The SMILES string of the molecule is C1=CCC(c2nc(-c3cccc4c(-c5cccc6oc7ccccc7c56)cccc34)nc(-c3cccc4c3sc3ccccc34)n2)C=C1. The first-order valence-electron chi connectivity index (χ1n) is 16.2. The van der Waals surface area contributed by atoms with Gasteiger partial charge in [0.1, 0.15) is 17.0 Å². The van der Waals surface area contributed by atoms with Crippen LogP contribution in [0.3, 0.4) is 0 Å². The second kappa shape index (κ2) is 10.8. The molecule has 5 heteroatoms. The summed E-state index contributed by atoms with van der Waals surface area (Å²) in [5, 5.41) is 6.98. The first-order chi connectivity index (χ1) is 23.8. The summed E-state index contributed by atoms with van der Waals surface area (Å²) in [6.07, 6.45) is 9.42. The quantitative estimate of drug-likeness (QED) is 0.193. The number of thiophene rings is 1. The van der Waals surface area contributed by atoms with Crippen molar-refractivity contribution in [2.24, 2.45) is 0 Å². The number of aromatic nitrogens is 3. The lowest BCUT2D eigenvalue weighted by Gasteiger charge is -2.16. The first kappa shape index (κ1) is 27.2. The lowest BCUT2D eigenvalue weighted by molar-refractivity contribution is 0.669. The zero-order valence-corrected chi connectivity index (χ0v) is 26.6. The summed E-state index contributed by atoms with van der Waals surface area (Å²) >= 11 is 1.80. The Balaban J connectivity index is 1.21. The normalized spacial score (nSPS) is 14.6. The molecular formula is C43H27N3OS. The third kappa shape index (κ3) is 4.25.